The fraction of sp³-hybridized carbons (Fsp3) is 0. The average Bonchev–Trinajstić information content (AvgIpc) is 2.93. The predicted molar refractivity (Wildman–Crippen MR) is 142 cm³/mol. The van der Waals surface area contributed by atoms with Crippen molar-refractivity contribution in [1.82, 2.24) is 0 Å². The minimum Gasteiger partial charge on any atom is -0.457 e. The Kier molecular flexibility index (Phi) is 7.69. The lowest BCUT2D eigenvalue weighted by atomic mass is 9.98. The number of rotatable bonds is 10. The summed E-state index contributed by atoms with van der Waals surface area (Å²) in [5.74, 6) is 2.24. The van der Waals surface area contributed by atoms with Gasteiger partial charge in [0.1, 0.15) is 23.0 Å². The molecule has 36 heavy (non-hydrogen) atoms. The van der Waals surface area contributed by atoms with Crippen molar-refractivity contribution in [2.75, 3.05) is 0 Å². The van der Waals surface area contributed by atoms with Crippen LogP contribution in [0.15, 0.2) is 140 Å². The summed E-state index contributed by atoms with van der Waals surface area (Å²) in [4.78, 5) is 25.8. The molecule has 4 rings (SSSR count). The first-order valence-electron chi connectivity index (χ1n) is 11.3. The number of allylic oxidation sites excluding steroid dienone is 3. The second-order valence-electron chi connectivity index (χ2n) is 7.81. The number of benzene rings is 4. The van der Waals surface area contributed by atoms with Crippen LogP contribution in [0.5, 0.6) is 17.2 Å². The van der Waals surface area contributed by atoms with Gasteiger partial charge < -0.3 is 9.47 Å². The van der Waals surface area contributed by atoms with E-state index in [0.717, 1.165) is 5.75 Å². The van der Waals surface area contributed by atoms with Crippen molar-refractivity contribution in [3.63, 3.8) is 0 Å². The first-order valence-corrected chi connectivity index (χ1v) is 11.3. The Bertz CT molecular complexity index is 1400. The Balaban J connectivity index is 1.41. The van der Waals surface area contributed by atoms with E-state index in [2.05, 4.69) is 13.2 Å². The molecule has 0 spiro atoms. The molecule has 0 N–H and O–H groups in total. The average molecular weight is 473 g/mol. The Labute approximate surface area is 210 Å². The largest absolute Gasteiger partial charge is 0.457 e. The van der Waals surface area contributed by atoms with Crippen molar-refractivity contribution in [2.24, 2.45) is 0 Å². The standard InChI is InChI=1S/C32H24O4/c1-3-8-27(4-2)35-29-19-15-25(16-20-29)31(33)23-11-13-24(14-12-23)32(34)26-17-21-30(22-18-26)36-28-9-6-5-7-10-28/h3-22H,1-2H2/b27-8+. The van der Waals surface area contributed by atoms with Gasteiger partial charge in [-0.1, -0.05) is 61.7 Å². The van der Waals surface area contributed by atoms with E-state index in [0.29, 0.717) is 39.5 Å². The highest BCUT2D eigenvalue weighted by molar-refractivity contribution is 6.11. The molecule has 0 fully saturated rings. The molecule has 176 valence electrons. The molecule has 0 atom stereocenters. The predicted octanol–water partition coefficient (Wildman–Crippen LogP) is 7.58. The zero-order valence-electron chi connectivity index (χ0n) is 19.6. The maximum absolute atomic E-state index is 12.9. The highest BCUT2D eigenvalue weighted by atomic mass is 16.5. The maximum atomic E-state index is 12.9. The number of ketones is 2. The summed E-state index contributed by atoms with van der Waals surface area (Å²) in [7, 11) is 0. The summed E-state index contributed by atoms with van der Waals surface area (Å²) in [6.07, 6.45) is 4.89. The summed E-state index contributed by atoms with van der Waals surface area (Å²) in [6.45, 7) is 7.33. The van der Waals surface area contributed by atoms with Gasteiger partial charge in [0.25, 0.3) is 0 Å². The third-order valence-corrected chi connectivity index (χ3v) is 5.34. The molecule has 4 aromatic carbocycles. The minimum atomic E-state index is -0.145. The molecule has 0 radical (unpaired) electrons. The second kappa shape index (κ2) is 11.4. The minimum absolute atomic E-state index is 0.132. The first kappa shape index (κ1) is 24.2. The Morgan fingerprint density at radius 2 is 0.972 bits per heavy atom. The molecule has 4 nitrogen and oxygen atoms in total. The van der Waals surface area contributed by atoms with Crippen LogP contribution in [0.4, 0.5) is 0 Å². The third kappa shape index (κ3) is 5.93. The van der Waals surface area contributed by atoms with Crippen molar-refractivity contribution < 1.29 is 19.1 Å². The van der Waals surface area contributed by atoms with Crippen LogP contribution < -0.4 is 9.47 Å². The summed E-state index contributed by atoms with van der Waals surface area (Å²) in [6, 6.07) is 29.9. The van der Waals surface area contributed by atoms with Crippen molar-refractivity contribution in [1.29, 1.82) is 0 Å². The summed E-state index contributed by atoms with van der Waals surface area (Å²) < 4.78 is 11.5. The van der Waals surface area contributed by atoms with Crippen LogP contribution in [0.25, 0.3) is 0 Å². The van der Waals surface area contributed by atoms with Crippen LogP contribution in [0.1, 0.15) is 31.8 Å². The van der Waals surface area contributed by atoms with Crippen LogP contribution >= 0.6 is 0 Å². The van der Waals surface area contributed by atoms with Gasteiger partial charge >= 0.3 is 0 Å². The van der Waals surface area contributed by atoms with Crippen molar-refractivity contribution in [3.05, 3.63) is 163 Å². The van der Waals surface area contributed by atoms with E-state index in [9.17, 15) is 9.59 Å². The van der Waals surface area contributed by atoms with Crippen LogP contribution in [0.3, 0.4) is 0 Å². The monoisotopic (exact) mass is 472 g/mol. The van der Waals surface area contributed by atoms with E-state index in [1.165, 1.54) is 0 Å². The Hall–Kier alpha value is -4.96. The molecular weight excluding hydrogens is 448 g/mol. The van der Waals surface area contributed by atoms with Gasteiger partial charge in [-0.15, -0.1) is 0 Å². The molecule has 0 aliphatic rings. The number of para-hydroxylation sites is 1. The van der Waals surface area contributed by atoms with Crippen molar-refractivity contribution in [3.8, 4) is 17.2 Å². The van der Waals surface area contributed by atoms with Crippen molar-refractivity contribution >= 4 is 11.6 Å². The zero-order valence-corrected chi connectivity index (χ0v) is 19.6. The Morgan fingerprint density at radius 1 is 0.556 bits per heavy atom. The van der Waals surface area contributed by atoms with E-state index in [1.807, 2.05) is 30.3 Å². The van der Waals surface area contributed by atoms with E-state index in [-0.39, 0.29) is 11.6 Å². The van der Waals surface area contributed by atoms with Gasteiger partial charge in [-0.2, -0.15) is 0 Å². The lowest BCUT2D eigenvalue weighted by Gasteiger charge is -2.08. The van der Waals surface area contributed by atoms with E-state index in [4.69, 9.17) is 9.47 Å². The number of ether oxygens (including phenoxy) is 2. The second-order valence-corrected chi connectivity index (χ2v) is 7.81. The van der Waals surface area contributed by atoms with Gasteiger partial charge in [0.15, 0.2) is 11.6 Å². The van der Waals surface area contributed by atoms with E-state index < -0.39 is 0 Å². The SMILES string of the molecule is C=C/C=C(\C=C)Oc1ccc(C(=O)c2ccc(C(=O)c3ccc(Oc4ccccc4)cc3)cc2)cc1. The fourth-order valence-corrected chi connectivity index (χ4v) is 3.48. The molecule has 0 bridgehead atoms. The number of carbonyl (C=O) groups excluding carboxylic acids is 2. The smallest absolute Gasteiger partial charge is 0.193 e. The van der Waals surface area contributed by atoms with Crippen molar-refractivity contribution in [2.45, 2.75) is 0 Å². The molecule has 0 aliphatic carbocycles. The molecule has 0 saturated carbocycles. The number of carbonyl (C=O) groups is 2. The van der Waals surface area contributed by atoms with Crippen LogP contribution in [0.2, 0.25) is 0 Å². The first-order chi connectivity index (χ1) is 17.6. The summed E-state index contributed by atoms with van der Waals surface area (Å²) in [5.41, 5.74) is 2.04. The molecule has 0 saturated heterocycles. The maximum Gasteiger partial charge on any atom is 0.193 e. The molecule has 0 aliphatic heterocycles. The van der Waals surface area contributed by atoms with Crippen LogP contribution in [-0.4, -0.2) is 11.6 Å². The summed E-state index contributed by atoms with van der Waals surface area (Å²) in [5, 5.41) is 0. The zero-order chi connectivity index (χ0) is 25.3. The molecule has 0 unspecified atom stereocenters. The van der Waals surface area contributed by atoms with Gasteiger partial charge in [0, 0.05) is 22.3 Å². The van der Waals surface area contributed by atoms with Gasteiger partial charge in [0.2, 0.25) is 0 Å². The van der Waals surface area contributed by atoms with Gasteiger partial charge in [-0.3, -0.25) is 9.59 Å². The quantitative estimate of drug-likeness (QED) is 0.136. The lowest BCUT2D eigenvalue weighted by molar-refractivity contribution is 0.102. The van der Waals surface area contributed by atoms with Gasteiger partial charge in [0.05, 0.1) is 0 Å². The van der Waals surface area contributed by atoms with Gasteiger partial charge in [-0.25, -0.2) is 0 Å². The number of hydrogen-bond donors (Lipinski definition) is 0. The molecule has 4 heteroatoms. The Morgan fingerprint density at radius 3 is 1.42 bits per heavy atom. The molecule has 0 amide bonds. The summed E-state index contributed by atoms with van der Waals surface area (Å²) >= 11 is 0. The molecule has 0 aromatic heterocycles. The highest BCUT2D eigenvalue weighted by Crippen LogP contribution is 2.23. The van der Waals surface area contributed by atoms with Crippen LogP contribution in [0, 0.1) is 0 Å². The fourth-order valence-electron chi connectivity index (χ4n) is 3.48. The van der Waals surface area contributed by atoms with Crippen LogP contribution in [-0.2, 0) is 0 Å². The normalized spacial score (nSPS) is 10.8. The molecule has 4 aromatic rings. The lowest BCUT2D eigenvalue weighted by Crippen LogP contribution is -2.04. The topological polar surface area (TPSA) is 52.6 Å². The van der Waals surface area contributed by atoms with E-state index >= 15 is 0 Å². The molecule has 0 heterocycles. The number of hydrogen-bond acceptors (Lipinski definition) is 4. The van der Waals surface area contributed by atoms with Gasteiger partial charge in [-0.05, 0) is 72.8 Å². The third-order valence-electron chi connectivity index (χ3n) is 5.34. The molecular formula is C32H24O4. The highest BCUT2D eigenvalue weighted by Gasteiger charge is 2.13. The van der Waals surface area contributed by atoms with E-state index in [1.54, 1.807) is 91.0 Å².